The first kappa shape index (κ1) is 19.2. The number of amides is 2. The van der Waals surface area contributed by atoms with Crippen LogP contribution in [-0.4, -0.2) is 30.9 Å². The lowest BCUT2D eigenvalue weighted by atomic mass is 10.1. The lowest BCUT2D eigenvalue weighted by molar-refractivity contribution is -0.119. The Morgan fingerprint density at radius 3 is 2.35 bits per heavy atom. The predicted octanol–water partition coefficient (Wildman–Crippen LogP) is 2.79. The van der Waals surface area contributed by atoms with Gasteiger partial charge in [0.1, 0.15) is 0 Å². The second kappa shape index (κ2) is 9.36. The molecule has 2 aromatic carbocycles. The smallest absolute Gasteiger partial charge is 0.338 e. The molecule has 0 aromatic heterocycles. The van der Waals surface area contributed by atoms with Crippen LogP contribution < -0.4 is 10.6 Å². The van der Waals surface area contributed by atoms with Crippen LogP contribution >= 0.6 is 0 Å². The molecular formula is C20H22N2O4. The van der Waals surface area contributed by atoms with Crippen LogP contribution in [0.25, 0.3) is 0 Å². The van der Waals surface area contributed by atoms with Gasteiger partial charge in [-0.25, -0.2) is 4.79 Å². The standard InChI is InChI=1S/C20H22N2O4/c1-3-14-8-10-15(11-9-14)20(25)26-13-18(23)22-17-7-5-6-16(12-17)19(24)21-4-2/h5-12H,3-4,13H2,1-2H3,(H,21,24)(H,22,23). The summed E-state index contributed by atoms with van der Waals surface area (Å²) in [4.78, 5) is 35.7. The Bertz CT molecular complexity index is 785. The summed E-state index contributed by atoms with van der Waals surface area (Å²) in [6, 6.07) is 13.6. The van der Waals surface area contributed by atoms with E-state index in [1.54, 1.807) is 36.4 Å². The average molecular weight is 354 g/mol. The molecule has 0 radical (unpaired) electrons. The van der Waals surface area contributed by atoms with Crippen LogP contribution in [-0.2, 0) is 16.0 Å². The van der Waals surface area contributed by atoms with Crippen molar-refractivity contribution in [2.75, 3.05) is 18.5 Å². The molecule has 0 saturated heterocycles. The normalized spacial score (nSPS) is 10.1. The maximum atomic E-state index is 12.0. The molecule has 2 N–H and O–H groups in total. The molecule has 2 aromatic rings. The minimum Gasteiger partial charge on any atom is -0.452 e. The Kier molecular flexibility index (Phi) is 6.91. The topological polar surface area (TPSA) is 84.5 Å². The first-order chi connectivity index (χ1) is 12.5. The fourth-order valence-corrected chi connectivity index (χ4v) is 2.29. The van der Waals surface area contributed by atoms with Gasteiger partial charge in [0.25, 0.3) is 11.8 Å². The number of rotatable bonds is 7. The number of nitrogens with one attached hydrogen (secondary N) is 2. The predicted molar refractivity (Wildman–Crippen MR) is 99.2 cm³/mol. The van der Waals surface area contributed by atoms with E-state index in [2.05, 4.69) is 10.6 Å². The molecule has 6 nitrogen and oxygen atoms in total. The number of hydrogen-bond acceptors (Lipinski definition) is 4. The van der Waals surface area contributed by atoms with Gasteiger partial charge in [-0.2, -0.15) is 0 Å². The Morgan fingerprint density at radius 1 is 0.962 bits per heavy atom. The molecule has 0 bridgehead atoms. The fourth-order valence-electron chi connectivity index (χ4n) is 2.29. The molecular weight excluding hydrogens is 332 g/mol. The second-order valence-electron chi connectivity index (χ2n) is 5.62. The number of carbonyl (C=O) groups is 3. The van der Waals surface area contributed by atoms with E-state index < -0.39 is 18.5 Å². The second-order valence-corrected chi connectivity index (χ2v) is 5.62. The summed E-state index contributed by atoms with van der Waals surface area (Å²) in [5.74, 6) is -1.25. The van der Waals surface area contributed by atoms with Crippen molar-refractivity contribution in [2.45, 2.75) is 20.3 Å². The van der Waals surface area contributed by atoms with E-state index in [0.29, 0.717) is 23.4 Å². The molecule has 2 rings (SSSR count). The van der Waals surface area contributed by atoms with E-state index in [4.69, 9.17) is 4.74 Å². The summed E-state index contributed by atoms with van der Waals surface area (Å²) in [5, 5.41) is 5.30. The number of hydrogen-bond donors (Lipinski definition) is 2. The monoisotopic (exact) mass is 354 g/mol. The van der Waals surface area contributed by atoms with Crippen LogP contribution in [0, 0.1) is 0 Å². The molecule has 0 fully saturated rings. The lowest BCUT2D eigenvalue weighted by Gasteiger charge is -2.08. The number of aryl methyl sites for hydroxylation is 1. The molecule has 6 heteroatoms. The van der Waals surface area contributed by atoms with Crippen LogP contribution in [0.4, 0.5) is 5.69 Å². The van der Waals surface area contributed by atoms with Crippen molar-refractivity contribution in [1.29, 1.82) is 0 Å². The molecule has 0 atom stereocenters. The van der Waals surface area contributed by atoms with Crippen molar-refractivity contribution in [1.82, 2.24) is 5.32 Å². The summed E-state index contributed by atoms with van der Waals surface area (Å²) in [7, 11) is 0. The number of carbonyl (C=O) groups excluding carboxylic acids is 3. The van der Waals surface area contributed by atoms with Gasteiger partial charge in [0.15, 0.2) is 6.61 Å². The first-order valence-corrected chi connectivity index (χ1v) is 8.47. The third-order valence-electron chi connectivity index (χ3n) is 3.68. The lowest BCUT2D eigenvalue weighted by Crippen LogP contribution is -2.23. The van der Waals surface area contributed by atoms with Gasteiger partial charge in [0.2, 0.25) is 0 Å². The molecule has 0 spiro atoms. The quantitative estimate of drug-likeness (QED) is 0.749. The molecule has 136 valence electrons. The van der Waals surface area contributed by atoms with Gasteiger partial charge in [-0.3, -0.25) is 9.59 Å². The van der Waals surface area contributed by atoms with E-state index >= 15 is 0 Å². The highest BCUT2D eigenvalue weighted by Crippen LogP contribution is 2.11. The van der Waals surface area contributed by atoms with Crippen LogP contribution in [0.15, 0.2) is 48.5 Å². The minimum absolute atomic E-state index is 0.217. The summed E-state index contributed by atoms with van der Waals surface area (Å²) in [6.07, 6.45) is 0.882. The van der Waals surface area contributed by atoms with E-state index in [1.165, 1.54) is 0 Å². The van der Waals surface area contributed by atoms with Gasteiger partial charge >= 0.3 is 5.97 Å². The SMILES string of the molecule is CCNC(=O)c1cccc(NC(=O)COC(=O)c2ccc(CC)cc2)c1. The summed E-state index contributed by atoms with van der Waals surface area (Å²) >= 11 is 0. The summed E-state index contributed by atoms with van der Waals surface area (Å²) < 4.78 is 5.02. The van der Waals surface area contributed by atoms with Crippen molar-refractivity contribution >= 4 is 23.5 Å². The van der Waals surface area contributed by atoms with Gasteiger partial charge in [0.05, 0.1) is 5.56 Å². The zero-order valence-corrected chi connectivity index (χ0v) is 14.9. The van der Waals surface area contributed by atoms with E-state index in [-0.39, 0.29) is 5.91 Å². The minimum atomic E-state index is -0.557. The molecule has 0 unspecified atom stereocenters. The van der Waals surface area contributed by atoms with Gasteiger partial charge in [0, 0.05) is 17.8 Å². The highest BCUT2D eigenvalue weighted by Gasteiger charge is 2.11. The van der Waals surface area contributed by atoms with Gasteiger partial charge in [-0.1, -0.05) is 25.1 Å². The largest absolute Gasteiger partial charge is 0.452 e. The average Bonchev–Trinajstić information content (AvgIpc) is 2.66. The number of esters is 1. The zero-order valence-electron chi connectivity index (χ0n) is 14.9. The maximum absolute atomic E-state index is 12.0. The molecule has 0 heterocycles. The molecule has 0 aliphatic rings. The zero-order chi connectivity index (χ0) is 18.9. The van der Waals surface area contributed by atoms with Crippen molar-refractivity contribution in [3.8, 4) is 0 Å². The highest BCUT2D eigenvalue weighted by molar-refractivity contribution is 5.98. The Labute approximate surface area is 152 Å². The van der Waals surface area contributed by atoms with Crippen LogP contribution in [0.2, 0.25) is 0 Å². The van der Waals surface area contributed by atoms with E-state index in [9.17, 15) is 14.4 Å². The summed E-state index contributed by atoms with van der Waals surface area (Å²) in [6.45, 7) is 3.97. The maximum Gasteiger partial charge on any atom is 0.338 e. The molecule has 0 saturated carbocycles. The fraction of sp³-hybridized carbons (Fsp3) is 0.250. The van der Waals surface area contributed by atoms with Crippen molar-refractivity contribution < 1.29 is 19.1 Å². The van der Waals surface area contributed by atoms with Crippen molar-refractivity contribution in [2.24, 2.45) is 0 Å². The van der Waals surface area contributed by atoms with Crippen LogP contribution in [0.1, 0.15) is 40.1 Å². The molecule has 0 aliphatic carbocycles. The van der Waals surface area contributed by atoms with Gasteiger partial charge in [-0.05, 0) is 49.2 Å². The Balaban J connectivity index is 1.89. The first-order valence-electron chi connectivity index (χ1n) is 8.47. The molecule has 26 heavy (non-hydrogen) atoms. The Morgan fingerprint density at radius 2 is 1.69 bits per heavy atom. The van der Waals surface area contributed by atoms with Crippen LogP contribution in [0.5, 0.6) is 0 Å². The van der Waals surface area contributed by atoms with Gasteiger partial charge < -0.3 is 15.4 Å². The number of anilines is 1. The highest BCUT2D eigenvalue weighted by atomic mass is 16.5. The Hall–Kier alpha value is -3.15. The van der Waals surface area contributed by atoms with Crippen LogP contribution in [0.3, 0.4) is 0 Å². The van der Waals surface area contributed by atoms with Crippen molar-refractivity contribution in [3.63, 3.8) is 0 Å². The van der Waals surface area contributed by atoms with E-state index in [0.717, 1.165) is 12.0 Å². The third-order valence-corrected chi connectivity index (χ3v) is 3.68. The van der Waals surface area contributed by atoms with Gasteiger partial charge in [-0.15, -0.1) is 0 Å². The van der Waals surface area contributed by atoms with E-state index in [1.807, 2.05) is 26.0 Å². The third kappa shape index (κ3) is 5.44. The summed E-state index contributed by atoms with van der Waals surface area (Å²) in [5.41, 5.74) is 2.42. The number of benzene rings is 2. The molecule has 0 aliphatic heterocycles. The molecule has 2 amide bonds. The van der Waals surface area contributed by atoms with Crippen molar-refractivity contribution in [3.05, 3.63) is 65.2 Å². The number of ether oxygens (including phenoxy) is 1.